The fraction of sp³-hybridized carbons (Fsp3) is 0.182. The van der Waals surface area contributed by atoms with Gasteiger partial charge in [-0.1, -0.05) is 11.6 Å². The molecule has 1 aromatic carbocycles. The maximum absolute atomic E-state index is 13.0. The first-order valence-electron chi connectivity index (χ1n) is 4.68. The fourth-order valence-electron chi connectivity index (χ4n) is 1.45. The second kappa shape index (κ2) is 4.44. The summed E-state index contributed by atoms with van der Waals surface area (Å²) in [4.78, 5) is 0. The first-order chi connectivity index (χ1) is 7.61. The minimum Gasteiger partial charge on any atom is -0.239 e. The van der Waals surface area contributed by atoms with Crippen LogP contribution in [0.1, 0.15) is 11.3 Å². The van der Waals surface area contributed by atoms with Crippen molar-refractivity contribution in [2.45, 2.75) is 12.8 Å². The van der Waals surface area contributed by atoms with Crippen molar-refractivity contribution in [1.82, 2.24) is 9.78 Å². The Balaban J connectivity index is 2.55. The Hall–Kier alpha value is -1.06. The summed E-state index contributed by atoms with van der Waals surface area (Å²) in [6.07, 6.45) is 1.68. The van der Waals surface area contributed by atoms with Crippen LogP contribution in [0.4, 0.5) is 4.39 Å². The van der Waals surface area contributed by atoms with Crippen molar-refractivity contribution < 1.29 is 4.39 Å². The highest BCUT2D eigenvalue weighted by Crippen LogP contribution is 2.21. The average molecular weight is 259 g/mol. The Kier molecular flexibility index (Phi) is 3.17. The van der Waals surface area contributed by atoms with Gasteiger partial charge in [0, 0.05) is 12.1 Å². The highest BCUT2D eigenvalue weighted by Gasteiger charge is 2.08. The van der Waals surface area contributed by atoms with Crippen LogP contribution in [-0.4, -0.2) is 9.78 Å². The average Bonchev–Trinajstić information content (AvgIpc) is 2.59. The minimum absolute atomic E-state index is 0.226. The number of aromatic nitrogens is 2. The molecule has 0 saturated carbocycles. The third kappa shape index (κ3) is 2.06. The Labute approximate surface area is 103 Å². The molecule has 0 unspecified atom stereocenters. The summed E-state index contributed by atoms with van der Waals surface area (Å²) in [5.41, 5.74) is 2.15. The van der Waals surface area contributed by atoms with Crippen molar-refractivity contribution in [3.8, 4) is 5.69 Å². The lowest BCUT2D eigenvalue weighted by Gasteiger charge is -2.06. The molecule has 2 nitrogen and oxygen atoms in total. The molecule has 0 saturated heterocycles. The van der Waals surface area contributed by atoms with Gasteiger partial charge in [0.15, 0.2) is 0 Å². The van der Waals surface area contributed by atoms with E-state index in [1.54, 1.807) is 16.9 Å². The van der Waals surface area contributed by atoms with Gasteiger partial charge in [-0.15, -0.1) is 11.6 Å². The molecular weight excluding hydrogens is 250 g/mol. The van der Waals surface area contributed by atoms with E-state index in [-0.39, 0.29) is 11.7 Å². The molecule has 1 aromatic heterocycles. The fourth-order valence-corrected chi connectivity index (χ4v) is 1.79. The monoisotopic (exact) mass is 258 g/mol. The van der Waals surface area contributed by atoms with E-state index in [0.29, 0.717) is 10.6 Å². The van der Waals surface area contributed by atoms with Gasteiger partial charge in [0.2, 0.25) is 0 Å². The van der Waals surface area contributed by atoms with Crippen molar-refractivity contribution in [3.63, 3.8) is 0 Å². The van der Waals surface area contributed by atoms with Crippen molar-refractivity contribution in [3.05, 3.63) is 46.5 Å². The maximum atomic E-state index is 13.0. The van der Waals surface area contributed by atoms with Crippen LogP contribution in [0.3, 0.4) is 0 Å². The third-order valence-corrected chi connectivity index (χ3v) is 2.93. The molecular formula is C11H9Cl2FN2. The standard InChI is InChI=1S/C11H9Cl2FN2/c1-7-10(13)6-16(15-7)11-3-2-9(14)4-8(11)5-12/h2-4,6H,5H2,1H3. The SMILES string of the molecule is Cc1nn(-c2ccc(F)cc2CCl)cc1Cl. The molecule has 0 atom stereocenters. The van der Waals surface area contributed by atoms with Crippen LogP contribution in [0.2, 0.25) is 5.02 Å². The number of benzene rings is 1. The number of rotatable bonds is 2. The lowest BCUT2D eigenvalue weighted by molar-refractivity contribution is 0.625. The minimum atomic E-state index is -0.311. The van der Waals surface area contributed by atoms with Crippen LogP contribution in [0, 0.1) is 12.7 Å². The van der Waals surface area contributed by atoms with Crippen LogP contribution in [0.25, 0.3) is 5.69 Å². The van der Waals surface area contributed by atoms with Crippen LogP contribution in [0.5, 0.6) is 0 Å². The van der Waals surface area contributed by atoms with E-state index in [9.17, 15) is 4.39 Å². The molecule has 5 heteroatoms. The number of hydrogen-bond acceptors (Lipinski definition) is 1. The summed E-state index contributed by atoms with van der Waals surface area (Å²) in [6.45, 7) is 1.81. The quantitative estimate of drug-likeness (QED) is 0.751. The normalized spacial score (nSPS) is 10.8. The smallest absolute Gasteiger partial charge is 0.123 e. The number of hydrogen-bond donors (Lipinski definition) is 0. The molecule has 0 spiro atoms. The number of alkyl halides is 1. The van der Waals surface area contributed by atoms with E-state index in [1.807, 2.05) is 6.92 Å². The lowest BCUT2D eigenvalue weighted by atomic mass is 10.2. The molecule has 2 rings (SSSR count). The van der Waals surface area contributed by atoms with E-state index in [0.717, 1.165) is 11.4 Å². The van der Waals surface area contributed by atoms with Gasteiger partial charge in [0.25, 0.3) is 0 Å². The van der Waals surface area contributed by atoms with Gasteiger partial charge in [-0.3, -0.25) is 0 Å². The predicted molar refractivity (Wildman–Crippen MR) is 62.8 cm³/mol. The molecule has 84 valence electrons. The largest absolute Gasteiger partial charge is 0.239 e. The van der Waals surface area contributed by atoms with E-state index >= 15 is 0 Å². The number of aryl methyl sites for hydroxylation is 1. The van der Waals surface area contributed by atoms with Gasteiger partial charge in [-0.05, 0) is 30.7 Å². The van der Waals surface area contributed by atoms with Gasteiger partial charge in [-0.2, -0.15) is 5.10 Å². The highest BCUT2D eigenvalue weighted by atomic mass is 35.5. The summed E-state index contributed by atoms with van der Waals surface area (Å²) in [5.74, 6) is -0.0850. The van der Waals surface area contributed by atoms with Crippen molar-refractivity contribution in [2.75, 3.05) is 0 Å². The summed E-state index contributed by atoms with van der Waals surface area (Å²) >= 11 is 11.7. The zero-order valence-corrected chi connectivity index (χ0v) is 10.1. The highest BCUT2D eigenvalue weighted by molar-refractivity contribution is 6.31. The Morgan fingerprint density at radius 1 is 1.44 bits per heavy atom. The molecule has 2 aromatic rings. The molecule has 0 amide bonds. The number of halogens is 3. The van der Waals surface area contributed by atoms with Gasteiger partial charge >= 0.3 is 0 Å². The van der Waals surface area contributed by atoms with Gasteiger partial charge in [0.1, 0.15) is 5.82 Å². The van der Waals surface area contributed by atoms with Crippen LogP contribution in [0.15, 0.2) is 24.4 Å². The first kappa shape index (κ1) is 11.4. The summed E-state index contributed by atoms with van der Waals surface area (Å²) in [6, 6.07) is 4.40. The summed E-state index contributed by atoms with van der Waals surface area (Å²) < 4.78 is 14.6. The molecule has 0 bridgehead atoms. The maximum Gasteiger partial charge on any atom is 0.123 e. The van der Waals surface area contributed by atoms with Crippen LogP contribution in [-0.2, 0) is 5.88 Å². The molecule has 0 N–H and O–H groups in total. The topological polar surface area (TPSA) is 17.8 Å². The van der Waals surface area contributed by atoms with E-state index in [4.69, 9.17) is 23.2 Å². The molecule has 0 aliphatic rings. The predicted octanol–water partition coefficient (Wildman–Crippen LogP) is 3.71. The lowest BCUT2D eigenvalue weighted by Crippen LogP contribution is -2.00. The summed E-state index contributed by atoms with van der Waals surface area (Å²) in [7, 11) is 0. The molecule has 0 aliphatic carbocycles. The second-order valence-corrected chi connectivity index (χ2v) is 4.09. The van der Waals surface area contributed by atoms with Crippen molar-refractivity contribution in [2.24, 2.45) is 0 Å². The molecule has 0 fully saturated rings. The molecule has 1 heterocycles. The number of nitrogens with zero attached hydrogens (tertiary/aromatic N) is 2. The second-order valence-electron chi connectivity index (χ2n) is 3.41. The van der Waals surface area contributed by atoms with Gasteiger partial charge < -0.3 is 0 Å². The third-order valence-electron chi connectivity index (χ3n) is 2.27. The zero-order chi connectivity index (χ0) is 11.7. The van der Waals surface area contributed by atoms with E-state index < -0.39 is 0 Å². The molecule has 0 aliphatic heterocycles. The first-order valence-corrected chi connectivity index (χ1v) is 5.59. The Bertz CT molecular complexity index is 503. The van der Waals surface area contributed by atoms with Crippen LogP contribution < -0.4 is 0 Å². The Morgan fingerprint density at radius 2 is 2.19 bits per heavy atom. The van der Waals surface area contributed by atoms with Crippen LogP contribution >= 0.6 is 23.2 Å². The zero-order valence-electron chi connectivity index (χ0n) is 8.54. The van der Waals surface area contributed by atoms with Crippen molar-refractivity contribution in [1.29, 1.82) is 0 Å². The van der Waals surface area contributed by atoms with Gasteiger partial charge in [-0.25, -0.2) is 9.07 Å². The molecule has 0 radical (unpaired) electrons. The van der Waals surface area contributed by atoms with E-state index in [1.165, 1.54) is 12.1 Å². The summed E-state index contributed by atoms with van der Waals surface area (Å²) in [5, 5.41) is 4.80. The van der Waals surface area contributed by atoms with E-state index in [2.05, 4.69) is 5.10 Å². The molecule has 16 heavy (non-hydrogen) atoms. The Morgan fingerprint density at radius 3 is 2.75 bits per heavy atom. The van der Waals surface area contributed by atoms with Crippen molar-refractivity contribution >= 4 is 23.2 Å². The van der Waals surface area contributed by atoms with Gasteiger partial charge in [0.05, 0.1) is 16.4 Å².